The Morgan fingerprint density at radius 3 is 2.75 bits per heavy atom. The van der Waals surface area contributed by atoms with Crippen molar-refractivity contribution < 1.29 is 4.74 Å². The second-order valence-electron chi connectivity index (χ2n) is 4.59. The van der Waals surface area contributed by atoms with Crippen molar-refractivity contribution in [2.75, 3.05) is 6.61 Å². The summed E-state index contributed by atoms with van der Waals surface area (Å²) in [7, 11) is 0. The molecule has 2 rings (SSSR count). The molecule has 0 aliphatic rings. The van der Waals surface area contributed by atoms with Gasteiger partial charge in [0.2, 0.25) is 0 Å². The van der Waals surface area contributed by atoms with Gasteiger partial charge in [0.1, 0.15) is 11.6 Å². The van der Waals surface area contributed by atoms with Crippen LogP contribution in [-0.4, -0.2) is 16.6 Å². The number of aromatic amines is 1. The summed E-state index contributed by atoms with van der Waals surface area (Å²) in [5, 5.41) is 8.58. The first-order valence-corrected chi connectivity index (χ1v) is 6.34. The van der Waals surface area contributed by atoms with Crippen LogP contribution < -0.4 is 10.3 Å². The van der Waals surface area contributed by atoms with Gasteiger partial charge in [-0.3, -0.25) is 4.79 Å². The number of nitriles is 1. The fourth-order valence-electron chi connectivity index (χ4n) is 1.68. The van der Waals surface area contributed by atoms with E-state index in [2.05, 4.69) is 16.0 Å². The van der Waals surface area contributed by atoms with Gasteiger partial charge in [-0.15, -0.1) is 0 Å². The maximum Gasteiger partial charge on any atom is 0.251 e. The minimum absolute atomic E-state index is 0.180. The molecular formula is C15H15N3O2. The average Bonchev–Trinajstić information content (AvgIpc) is 2.46. The van der Waals surface area contributed by atoms with Crippen LogP contribution in [0.3, 0.4) is 0 Å². The summed E-state index contributed by atoms with van der Waals surface area (Å²) in [4.78, 5) is 18.0. The molecule has 0 bridgehead atoms. The topological polar surface area (TPSA) is 78.8 Å². The number of benzene rings is 1. The fourth-order valence-corrected chi connectivity index (χ4v) is 1.68. The normalized spacial score (nSPS) is 11.6. The summed E-state index contributed by atoms with van der Waals surface area (Å²) < 4.78 is 5.59. The number of H-pyrrole nitrogens is 1. The van der Waals surface area contributed by atoms with Gasteiger partial charge in [-0.1, -0.05) is 6.92 Å². The molecule has 0 aliphatic carbocycles. The number of nitrogens with zero attached hydrogens (tertiary/aromatic N) is 2. The first-order chi connectivity index (χ1) is 9.69. The highest BCUT2D eigenvalue weighted by Crippen LogP contribution is 2.19. The lowest BCUT2D eigenvalue weighted by atomic mass is 10.1. The van der Waals surface area contributed by atoms with Gasteiger partial charge in [-0.05, 0) is 24.3 Å². The largest absolute Gasteiger partial charge is 0.493 e. The molecule has 0 radical (unpaired) electrons. The molecule has 2 aromatic rings. The molecule has 20 heavy (non-hydrogen) atoms. The molecule has 0 fully saturated rings. The van der Waals surface area contributed by atoms with Crippen LogP contribution in [0.1, 0.15) is 13.3 Å². The Morgan fingerprint density at radius 1 is 1.35 bits per heavy atom. The first kappa shape index (κ1) is 13.8. The third-order valence-electron chi connectivity index (χ3n) is 2.77. The molecule has 5 heteroatoms. The molecular weight excluding hydrogens is 254 g/mol. The van der Waals surface area contributed by atoms with Gasteiger partial charge < -0.3 is 9.72 Å². The van der Waals surface area contributed by atoms with Crippen LogP contribution in [0.2, 0.25) is 0 Å². The number of hydrogen-bond donors (Lipinski definition) is 1. The Bertz CT molecular complexity index is 656. The number of hydrogen-bond acceptors (Lipinski definition) is 4. The Kier molecular flexibility index (Phi) is 4.51. The van der Waals surface area contributed by atoms with Crippen molar-refractivity contribution in [2.24, 2.45) is 5.92 Å². The van der Waals surface area contributed by atoms with Crippen LogP contribution >= 0.6 is 0 Å². The summed E-state index contributed by atoms with van der Waals surface area (Å²) >= 11 is 0. The Balaban J connectivity index is 2.03. The predicted molar refractivity (Wildman–Crippen MR) is 75.2 cm³/mol. The van der Waals surface area contributed by atoms with Crippen molar-refractivity contribution in [1.29, 1.82) is 5.26 Å². The molecule has 0 saturated carbocycles. The highest BCUT2D eigenvalue weighted by molar-refractivity contribution is 5.55. The zero-order chi connectivity index (χ0) is 14.4. The van der Waals surface area contributed by atoms with E-state index in [1.54, 1.807) is 0 Å². The van der Waals surface area contributed by atoms with Crippen LogP contribution in [0.5, 0.6) is 5.75 Å². The molecule has 1 aromatic heterocycles. The van der Waals surface area contributed by atoms with Crippen molar-refractivity contribution >= 4 is 0 Å². The minimum atomic E-state index is -0.180. The molecule has 1 aromatic carbocycles. The maximum atomic E-state index is 11.2. The van der Waals surface area contributed by atoms with Crippen molar-refractivity contribution in [1.82, 2.24) is 9.97 Å². The van der Waals surface area contributed by atoms with E-state index in [4.69, 9.17) is 10.00 Å². The molecule has 1 N–H and O–H groups in total. The number of aromatic nitrogens is 2. The second-order valence-corrected chi connectivity index (χ2v) is 4.59. The fraction of sp³-hybridized carbons (Fsp3) is 0.267. The number of nitrogens with one attached hydrogen (secondary N) is 1. The summed E-state index contributed by atoms with van der Waals surface area (Å²) in [6.07, 6.45) is 1.95. The highest BCUT2D eigenvalue weighted by Gasteiger charge is 2.04. The number of ether oxygens (including phenoxy) is 1. The Hall–Kier alpha value is -2.61. The van der Waals surface area contributed by atoms with Crippen LogP contribution in [0.25, 0.3) is 11.4 Å². The van der Waals surface area contributed by atoms with Crippen molar-refractivity contribution in [2.45, 2.75) is 13.3 Å². The van der Waals surface area contributed by atoms with Gasteiger partial charge in [0.25, 0.3) is 5.56 Å². The lowest BCUT2D eigenvalue weighted by molar-refractivity contribution is 0.262. The zero-order valence-corrected chi connectivity index (χ0v) is 11.2. The van der Waals surface area contributed by atoms with Crippen LogP contribution in [0, 0.1) is 17.2 Å². The molecule has 1 heterocycles. The molecule has 0 spiro atoms. The van der Waals surface area contributed by atoms with Crippen LogP contribution in [-0.2, 0) is 0 Å². The van der Waals surface area contributed by atoms with Crippen LogP contribution in [0.4, 0.5) is 0 Å². The SMILES string of the molecule is CC(CC#N)COc1ccc(-c2nccc(=O)[nH]2)cc1. The lowest BCUT2D eigenvalue weighted by Crippen LogP contribution is -2.08. The van der Waals surface area contributed by atoms with E-state index >= 15 is 0 Å². The highest BCUT2D eigenvalue weighted by atomic mass is 16.5. The van der Waals surface area contributed by atoms with Crippen molar-refractivity contribution in [3.05, 3.63) is 46.9 Å². The summed E-state index contributed by atoms with van der Waals surface area (Å²) in [6, 6.07) is 10.8. The summed E-state index contributed by atoms with van der Waals surface area (Å²) in [5.74, 6) is 1.46. The lowest BCUT2D eigenvalue weighted by Gasteiger charge is -2.10. The Labute approximate surface area is 116 Å². The smallest absolute Gasteiger partial charge is 0.251 e. The molecule has 0 saturated heterocycles. The van der Waals surface area contributed by atoms with Gasteiger partial charge >= 0.3 is 0 Å². The monoisotopic (exact) mass is 269 g/mol. The minimum Gasteiger partial charge on any atom is -0.493 e. The third kappa shape index (κ3) is 3.69. The molecule has 5 nitrogen and oxygen atoms in total. The van der Waals surface area contributed by atoms with Crippen LogP contribution in [0.15, 0.2) is 41.3 Å². The summed E-state index contributed by atoms with van der Waals surface area (Å²) in [6.45, 7) is 2.48. The quantitative estimate of drug-likeness (QED) is 0.903. The van der Waals surface area contributed by atoms with E-state index in [0.717, 1.165) is 11.3 Å². The van der Waals surface area contributed by atoms with E-state index in [-0.39, 0.29) is 11.5 Å². The van der Waals surface area contributed by atoms with Crippen molar-refractivity contribution in [3.63, 3.8) is 0 Å². The maximum absolute atomic E-state index is 11.2. The van der Waals surface area contributed by atoms with Gasteiger partial charge in [0.05, 0.1) is 12.7 Å². The van der Waals surface area contributed by atoms with Gasteiger partial charge in [0.15, 0.2) is 0 Å². The molecule has 1 unspecified atom stereocenters. The van der Waals surface area contributed by atoms with E-state index < -0.39 is 0 Å². The predicted octanol–water partition coefficient (Wildman–Crippen LogP) is 2.37. The molecule has 1 atom stereocenters. The van der Waals surface area contributed by atoms with E-state index in [0.29, 0.717) is 18.9 Å². The molecule has 0 aliphatic heterocycles. The standard InChI is InChI=1S/C15H15N3O2/c1-11(6-8-16)10-20-13-4-2-12(3-5-13)15-17-9-7-14(19)18-15/h2-5,7,9,11H,6,10H2,1H3,(H,17,18,19). The Morgan fingerprint density at radius 2 is 2.10 bits per heavy atom. The third-order valence-corrected chi connectivity index (χ3v) is 2.77. The second kappa shape index (κ2) is 6.53. The first-order valence-electron chi connectivity index (χ1n) is 6.34. The zero-order valence-electron chi connectivity index (χ0n) is 11.2. The van der Waals surface area contributed by atoms with E-state index in [1.807, 2.05) is 31.2 Å². The van der Waals surface area contributed by atoms with Gasteiger partial charge in [-0.25, -0.2) is 4.98 Å². The summed E-state index contributed by atoms with van der Waals surface area (Å²) in [5.41, 5.74) is 0.640. The van der Waals surface area contributed by atoms with Crippen molar-refractivity contribution in [3.8, 4) is 23.2 Å². The van der Waals surface area contributed by atoms with Gasteiger partial charge in [-0.2, -0.15) is 5.26 Å². The van der Waals surface area contributed by atoms with E-state index in [1.165, 1.54) is 12.3 Å². The molecule has 0 amide bonds. The van der Waals surface area contributed by atoms with Gasteiger partial charge in [0, 0.05) is 30.2 Å². The number of rotatable bonds is 5. The molecule has 102 valence electrons. The average molecular weight is 269 g/mol. The van der Waals surface area contributed by atoms with E-state index in [9.17, 15) is 4.79 Å².